The van der Waals surface area contributed by atoms with E-state index in [2.05, 4.69) is 18.8 Å². The summed E-state index contributed by atoms with van der Waals surface area (Å²) < 4.78 is -0.990. The van der Waals surface area contributed by atoms with Crippen LogP contribution in [0.5, 0.6) is 0 Å². The van der Waals surface area contributed by atoms with Gasteiger partial charge in [-0.3, -0.25) is 9.59 Å². The molecule has 26 heavy (non-hydrogen) atoms. The molecule has 2 atom stereocenters. The number of hydrogen-bond acceptors (Lipinski definition) is 5. The number of nitrogens with one attached hydrogen (secondary N) is 1. The molecular weight excluding hydrogens is 364 g/mol. The van der Waals surface area contributed by atoms with E-state index in [9.17, 15) is 9.59 Å². The van der Waals surface area contributed by atoms with Crippen molar-refractivity contribution in [1.82, 2.24) is 9.97 Å². The van der Waals surface area contributed by atoms with Gasteiger partial charge in [0.05, 0.1) is 20.9 Å². The van der Waals surface area contributed by atoms with E-state index >= 15 is 0 Å². The summed E-state index contributed by atoms with van der Waals surface area (Å²) >= 11 is 2.61. The van der Waals surface area contributed by atoms with E-state index in [1.165, 1.54) is 29.1 Å². The third-order valence-electron chi connectivity index (χ3n) is 5.63. The van der Waals surface area contributed by atoms with Crippen molar-refractivity contribution in [3.63, 3.8) is 0 Å². The maximum absolute atomic E-state index is 12.3. The summed E-state index contributed by atoms with van der Waals surface area (Å²) in [4.78, 5) is 32.8. The number of H-pyrrole nitrogens is 1. The molecule has 0 radical (unpaired) electrons. The van der Waals surface area contributed by atoms with Crippen molar-refractivity contribution in [3.8, 4) is 11.4 Å². The molecule has 3 aliphatic rings. The van der Waals surface area contributed by atoms with Crippen molar-refractivity contribution >= 4 is 44.9 Å². The standard InChI is InChI=1S/C20H16N2O2S2/c1-10-4-6-11(7-5-10)18-21-16-12-8-14(23)25-19(12,2)20(3)13(17(16)22-18)9-15(24)26-20/h4-9H,1-3H3,(H,21,22). The lowest BCUT2D eigenvalue weighted by atomic mass is 9.73. The van der Waals surface area contributed by atoms with Gasteiger partial charge in [-0.05, 0) is 32.9 Å². The minimum Gasteiger partial charge on any atom is -0.338 e. The van der Waals surface area contributed by atoms with Crippen LogP contribution >= 0.6 is 23.5 Å². The van der Waals surface area contributed by atoms with Crippen LogP contribution in [0.3, 0.4) is 0 Å². The molecule has 1 aromatic carbocycles. The summed E-state index contributed by atoms with van der Waals surface area (Å²) in [6.07, 6.45) is 3.39. The Bertz CT molecular complexity index is 1000. The molecule has 6 heteroatoms. The molecule has 1 aromatic heterocycles. The van der Waals surface area contributed by atoms with E-state index in [0.717, 1.165) is 33.9 Å². The predicted molar refractivity (Wildman–Crippen MR) is 107 cm³/mol. The molecule has 2 unspecified atom stereocenters. The van der Waals surface area contributed by atoms with Crippen molar-refractivity contribution in [3.05, 3.63) is 53.4 Å². The second-order valence-electron chi connectivity index (χ2n) is 7.20. The lowest BCUT2D eigenvalue weighted by Gasteiger charge is -2.45. The monoisotopic (exact) mass is 380 g/mol. The van der Waals surface area contributed by atoms with Gasteiger partial charge in [-0.2, -0.15) is 0 Å². The van der Waals surface area contributed by atoms with Gasteiger partial charge in [0.1, 0.15) is 5.82 Å². The minimum absolute atomic E-state index is 0.0239. The molecule has 3 heterocycles. The van der Waals surface area contributed by atoms with Crippen molar-refractivity contribution in [2.45, 2.75) is 30.3 Å². The third-order valence-corrected chi connectivity index (χ3v) is 8.47. The average molecular weight is 380 g/mol. The van der Waals surface area contributed by atoms with E-state index in [0.29, 0.717) is 0 Å². The van der Waals surface area contributed by atoms with Crippen LogP contribution in [0.25, 0.3) is 22.5 Å². The van der Waals surface area contributed by atoms with E-state index in [-0.39, 0.29) is 10.2 Å². The molecule has 2 aromatic rings. The normalized spacial score (nSPS) is 29.2. The molecule has 1 N–H and O–H groups in total. The Morgan fingerprint density at radius 2 is 1.50 bits per heavy atom. The molecular formula is C20H16N2O2S2. The molecule has 1 aliphatic carbocycles. The SMILES string of the molecule is Cc1ccc(-c2nc3c([nH]2)C2=CC(=O)SC2(C)C2(C)SC(=O)C=C32)cc1. The van der Waals surface area contributed by atoms with Gasteiger partial charge in [0.2, 0.25) is 10.2 Å². The van der Waals surface area contributed by atoms with E-state index in [4.69, 9.17) is 4.98 Å². The zero-order valence-electron chi connectivity index (χ0n) is 14.5. The van der Waals surface area contributed by atoms with E-state index in [1.807, 2.05) is 31.2 Å². The molecule has 0 amide bonds. The average Bonchev–Trinajstić information content (AvgIpc) is 3.22. The second kappa shape index (κ2) is 5.02. The highest BCUT2D eigenvalue weighted by Crippen LogP contribution is 2.66. The van der Waals surface area contributed by atoms with Crippen molar-refractivity contribution in [2.24, 2.45) is 0 Å². The highest BCUT2D eigenvalue weighted by Gasteiger charge is 2.62. The van der Waals surface area contributed by atoms with Crippen LogP contribution in [-0.2, 0) is 9.59 Å². The van der Waals surface area contributed by atoms with Crippen LogP contribution in [0, 0.1) is 6.92 Å². The Hall–Kier alpha value is -2.05. The number of nitrogens with zero attached hydrogens (tertiary/aromatic N) is 1. The second-order valence-corrected chi connectivity index (χ2v) is 10.0. The lowest BCUT2D eigenvalue weighted by Crippen LogP contribution is -2.47. The number of aromatic amines is 1. The van der Waals surface area contributed by atoms with Crippen LogP contribution in [0.15, 0.2) is 36.4 Å². The molecule has 4 nitrogen and oxygen atoms in total. The third kappa shape index (κ3) is 1.91. The zero-order chi connectivity index (χ0) is 18.3. The first-order valence-corrected chi connectivity index (χ1v) is 10.0. The van der Waals surface area contributed by atoms with Crippen LogP contribution in [0.2, 0.25) is 0 Å². The number of carbonyl (C=O) groups excluding carboxylic acids is 2. The summed E-state index contributed by atoms with van der Waals surface area (Å²) in [6.45, 7) is 6.16. The minimum atomic E-state index is -0.501. The molecule has 0 spiro atoms. The van der Waals surface area contributed by atoms with Gasteiger partial charge in [-0.1, -0.05) is 53.4 Å². The first kappa shape index (κ1) is 16.1. The number of thioether (sulfide) groups is 2. The summed E-state index contributed by atoms with van der Waals surface area (Å²) in [6, 6.07) is 8.16. The molecule has 2 aliphatic heterocycles. The first-order valence-electron chi connectivity index (χ1n) is 8.40. The van der Waals surface area contributed by atoms with E-state index < -0.39 is 9.49 Å². The van der Waals surface area contributed by atoms with Crippen LogP contribution in [0.4, 0.5) is 0 Å². The molecule has 0 saturated heterocycles. The summed E-state index contributed by atoms with van der Waals surface area (Å²) in [5.74, 6) is 0.761. The fourth-order valence-electron chi connectivity index (χ4n) is 4.01. The van der Waals surface area contributed by atoms with Gasteiger partial charge in [-0.15, -0.1) is 0 Å². The largest absolute Gasteiger partial charge is 0.338 e. The zero-order valence-corrected chi connectivity index (χ0v) is 16.2. The van der Waals surface area contributed by atoms with Crippen LogP contribution < -0.4 is 0 Å². The van der Waals surface area contributed by atoms with Gasteiger partial charge in [-0.25, -0.2) is 4.98 Å². The maximum atomic E-state index is 12.3. The smallest absolute Gasteiger partial charge is 0.213 e. The topological polar surface area (TPSA) is 62.8 Å². The van der Waals surface area contributed by atoms with Crippen molar-refractivity contribution in [1.29, 1.82) is 0 Å². The quantitative estimate of drug-likeness (QED) is 0.802. The van der Waals surface area contributed by atoms with Crippen LogP contribution in [0.1, 0.15) is 30.8 Å². The number of fused-ring (bicyclic) bond motifs is 6. The Morgan fingerprint density at radius 3 is 2.15 bits per heavy atom. The summed E-state index contributed by atoms with van der Waals surface area (Å²) in [5, 5.41) is 0.0538. The Kier molecular flexibility index (Phi) is 3.12. The van der Waals surface area contributed by atoms with Gasteiger partial charge in [0.25, 0.3) is 0 Å². The fraction of sp³-hybridized carbons (Fsp3) is 0.250. The number of benzene rings is 1. The van der Waals surface area contributed by atoms with Gasteiger partial charge < -0.3 is 4.98 Å². The van der Waals surface area contributed by atoms with Gasteiger partial charge in [0.15, 0.2) is 0 Å². The van der Waals surface area contributed by atoms with Gasteiger partial charge >= 0.3 is 0 Å². The van der Waals surface area contributed by atoms with Crippen molar-refractivity contribution in [2.75, 3.05) is 0 Å². The Balaban J connectivity index is 1.77. The fourth-order valence-corrected chi connectivity index (χ4v) is 6.56. The Morgan fingerprint density at radius 1 is 0.923 bits per heavy atom. The Labute approximate surface area is 159 Å². The number of rotatable bonds is 1. The number of carbonyl (C=O) groups is 2. The molecule has 5 rings (SSSR count). The first-order chi connectivity index (χ1) is 12.3. The van der Waals surface area contributed by atoms with Crippen LogP contribution in [-0.4, -0.2) is 29.7 Å². The van der Waals surface area contributed by atoms with Crippen molar-refractivity contribution < 1.29 is 9.59 Å². The summed E-state index contributed by atoms with van der Waals surface area (Å²) in [5.41, 5.74) is 5.69. The highest BCUT2D eigenvalue weighted by atomic mass is 32.2. The molecule has 130 valence electrons. The predicted octanol–water partition coefficient (Wildman–Crippen LogP) is 4.23. The number of aryl methyl sites for hydroxylation is 1. The number of aromatic nitrogens is 2. The number of hydrogen-bond donors (Lipinski definition) is 1. The molecule has 0 bridgehead atoms. The maximum Gasteiger partial charge on any atom is 0.213 e. The van der Waals surface area contributed by atoms with Gasteiger partial charge in [0, 0.05) is 16.7 Å². The summed E-state index contributed by atoms with van der Waals surface area (Å²) in [7, 11) is 0. The lowest BCUT2D eigenvalue weighted by molar-refractivity contribution is -0.107. The highest BCUT2D eigenvalue weighted by molar-refractivity contribution is 8.20. The number of imidazole rings is 1. The molecule has 0 fully saturated rings. The molecule has 0 saturated carbocycles. The van der Waals surface area contributed by atoms with E-state index in [1.54, 1.807) is 12.2 Å².